The first-order valence-electron chi connectivity index (χ1n) is 6.68. The van der Waals surface area contributed by atoms with Gasteiger partial charge in [0.25, 0.3) is 0 Å². The van der Waals surface area contributed by atoms with Crippen LogP contribution >= 0.6 is 12.4 Å². The summed E-state index contributed by atoms with van der Waals surface area (Å²) in [5.74, 6) is 0.153. The van der Waals surface area contributed by atoms with Crippen molar-refractivity contribution in [3.63, 3.8) is 0 Å². The van der Waals surface area contributed by atoms with Gasteiger partial charge in [0.15, 0.2) is 0 Å². The van der Waals surface area contributed by atoms with Gasteiger partial charge in [-0.25, -0.2) is 4.98 Å². The monoisotopic (exact) mass is 294 g/mol. The topological polar surface area (TPSA) is 75.0 Å². The van der Waals surface area contributed by atoms with Crippen LogP contribution in [-0.2, 0) is 11.2 Å². The number of pyridine rings is 1. The summed E-state index contributed by atoms with van der Waals surface area (Å²) in [6.45, 7) is 1.51. The number of likely N-dealkylation sites (tertiary alicyclic amines) is 1. The van der Waals surface area contributed by atoms with E-state index in [9.17, 15) is 4.79 Å². The zero-order valence-electron chi connectivity index (χ0n) is 11.2. The zero-order valence-corrected chi connectivity index (χ0v) is 12.0. The van der Waals surface area contributed by atoms with Gasteiger partial charge in [0.1, 0.15) is 5.65 Å². The standard InChI is InChI=1S/C14H18N4O.ClH/c15-11-3-2-6-18(9-11)13(19)7-10-8-17-14-12(10)4-1-5-16-14;/h1,4-5,8,11H,2-3,6-7,9,15H2,(H,16,17);1H. The van der Waals surface area contributed by atoms with Crippen molar-refractivity contribution < 1.29 is 4.79 Å². The second kappa shape index (κ2) is 6.24. The second-order valence-electron chi connectivity index (χ2n) is 5.13. The number of hydrogen-bond donors (Lipinski definition) is 2. The third-order valence-corrected chi connectivity index (χ3v) is 3.69. The molecule has 1 unspecified atom stereocenters. The van der Waals surface area contributed by atoms with Gasteiger partial charge in [-0.3, -0.25) is 4.79 Å². The number of hydrogen-bond acceptors (Lipinski definition) is 3. The average Bonchev–Trinajstić information content (AvgIpc) is 2.82. The third-order valence-electron chi connectivity index (χ3n) is 3.69. The maximum absolute atomic E-state index is 12.3. The first-order chi connectivity index (χ1) is 9.24. The highest BCUT2D eigenvalue weighted by atomic mass is 35.5. The molecule has 108 valence electrons. The van der Waals surface area contributed by atoms with Gasteiger partial charge in [0.2, 0.25) is 5.91 Å². The van der Waals surface area contributed by atoms with Gasteiger partial charge >= 0.3 is 0 Å². The number of nitrogens with one attached hydrogen (secondary N) is 1. The molecule has 1 aliphatic heterocycles. The molecule has 3 N–H and O–H groups in total. The minimum absolute atomic E-state index is 0. The first-order valence-corrected chi connectivity index (χ1v) is 6.68. The number of rotatable bonds is 2. The summed E-state index contributed by atoms with van der Waals surface area (Å²) >= 11 is 0. The molecule has 0 aliphatic carbocycles. The molecule has 1 aliphatic rings. The van der Waals surface area contributed by atoms with Crippen LogP contribution in [-0.4, -0.2) is 39.9 Å². The molecule has 0 spiro atoms. The lowest BCUT2D eigenvalue weighted by Gasteiger charge is -2.30. The van der Waals surface area contributed by atoms with Crippen molar-refractivity contribution >= 4 is 29.3 Å². The van der Waals surface area contributed by atoms with Gasteiger partial charge in [-0.15, -0.1) is 12.4 Å². The molecule has 5 nitrogen and oxygen atoms in total. The Labute approximate surface area is 124 Å². The summed E-state index contributed by atoms with van der Waals surface area (Å²) < 4.78 is 0. The molecule has 1 atom stereocenters. The van der Waals surface area contributed by atoms with Crippen LogP contribution in [0.3, 0.4) is 0 Å². The highest BCUT2D eigenvalue weighted by molar-refractivity contribution is 5.87. The van der Waals surface area contributed by atoms with Crippen molar-refractivity contribution in [2.45, 2.75) is 25.3 Å². The quantitative estimate of drug-likeness (QED) is 0.881. The normalized spacial score (nSPS) is 18.9. The molecule has 1 saturated heterocycles. The van der Waals surface area contributed by atoms with E-state index in [-0.39, 0.29) is 24.4 Å². The van der Waals surface area contributed by atoms with Gasteiger partial charge in [0, 0.05) is 36.9 Å². The number of halogens is 1. The Morgan fingerprint density at radius 2 is 2.40 bits per heavy atom. The molecule has 1 amide bonds. The number of carbonyl (C=O) groups is 1. The molecule has 3 rings (SSSR count). The van der Waals surface area contributed by atoms with Crippen LogP contribution in [0, 0.1) is 0 Å². The highest BCUT2D eigenvalue weighted by Crippen LogP contribution is 2.18. The summed E-state index contributed by atoms with van der Waals surface area (Å²) in [5, 5.41) is 1.03. The Kier molecular flexibility index (Phi) is 4.62. The zero-order chi connectivity index (χ0) is 13.2. The molecule has 6 heteroatoms. The second-order valence-corrected chi connectivity index (χ2v) is 5.13. The van der Waals surface area contributed by atoms with Gasteiger partial charge in [-0.1, -0.05) is 0 Å². The Hall–Kier alpha value is -1.59. The lowest BCUT2D eigenvalue weighted by atomic mass is 10.1. The number of carbonyl (C=O) groups excluding carboxylic acids is 1. The molecule has 2 aromatic rings. The predicted octanol–water partition coefficient (Wildman–Crippen LogP) is 1.48. The van der Waals surface area contributed by atoms with E-state index in [0.717, 1.165) is 36.0 Å². The summed E-state index contributed by atoms with van der Waals surface area (Å²) in [4.78, 5) is 21.5. The number of aromatic amines is 1. The minimum atomic E-state index is 0. The molecule has 0 bridgehead atoms. The number of amides is 1. The van der Waals surface area contributed by atoms with E-state index in [1.165, 1.54) is 0 Å². The Bertz CT molecular complexity index is 598. The van der Waals surface area contributed by atoms with E-state index in [2.05, 4.69) is 9.97 Å². The van der Waals surface area contributed by atoms with Crippen molar-refractivity contribution in [3.8, 4) is 0 Å². The molecule has 0 radical (unpaired) electrons. The SMILES string of the molecule is Cl.NC1CCCN(C(=O)Cc2c[nH]c3ncccc23)C1. The van der Waals surface area contributed by atoms with E-state index in [1.807, 2.05) is 23.2 Å². The molecule has 0 saturated carbocycles. The average molecular weight is 295 g/mol. The molecule has 0 aromatic carbocycles. The molecule has 20 heavy (non-hydrogen) atoms. The van der Waals surface area contributed by atoms with Gasteiger partial charge in [-0.2, -0.15) is 0 Å². The van der Waals surface area contributed by atoms with Crippen LogP contribution in [0.15, 0.2) is 24.5 Å². The van der Waals surface area contributed by atoms with Crippen LogP contribution in [0.1, 0.15) is 18.4 Å². The molecular weight excluding hydrogens is 276 g/mol. The number of piperidine rings is 1. The smallest absolute Gasteiger partial charge is 0.227 e. The summed E-state index contributed by atoms with van der Waals surface area (Å²) in [7, 11) is 0. The molecular formula is C14H19ClN4O. The lowest BCUT2D eigenvalue weighted by molar-refractivity contribution is -0.131. The Morgan fingerprint density at radius 1 is 1.55 bits per heavy atom. The maximum atomic E-state index is 12.3. The number of H-pyrrole nitrogens is 1. The highest BCUT2D eigenvalue weighted by Gasteiger charge is 2.21. The molecule has 2 aromatic heterocycles. The van der Waals surface area contributed by atoms with E-state index < -0.39 is 0 Å². The fourth-order valence-corrected chi connectivity index (χ4v) is 2.67. The summed E-state index contributed by atoms with van der Waals surface area (Å²) in [6, 6.07) is 4.01. The maximum Gasteiger partial charge on any atom is 0.227 e. The van der Waals surface area contributed by atoms with Crippen LogP contribution in [0.5, 0.6) is 0 Å². The van der Waals surface area contributed by atoms with Gasteiger partial charge < -0.3 is 15.6 Å². The lowest BCUT2D eigenvalue weighted by Crippen LogP contribution is -2.46. The van der Waals surface area contributed by atoms with Crippen molar-refractivity contribution in [2.24, 2.45) is 5.73 Å². The van der Waals surface area contributed by atoms with E-state index >= 15 is 0 Å². The van der Waals surface area contributed by atoms with E-state index in [0.29, 0.717) is 13.0 Å². The van der Waals surface area contributed by atoms with Gasteiger partial charge in [-0.05, 0) is 30.5 Å². The van der Waals surface area contributed by atoms with Crippen molar-refractivity contribution in [3.05, 3.63) is 30.1 Å². The fourth-order valence-electron chi connectivity index (χ4n) is 2.67. The number of aromatic nitrogens is 2. The van der Waals surface area contributed by atoms with Crippen LogP contribution in [0.25, 0.3) is 11.0 Å². The summed E-state index contributed by atoms with van der Waals surface area (Å²) in [5.41, 5.74) is 7.76. The van der Waals surface area contributed by atoms with E-state index in [1.54, 1.807) is 6.20 Å². The van der Waals surface area contributed by atoms with Crippen LogP contribution < -0.4 is 5.73 Å². The first kappa shape index (κ1) is 14.8. The van der Waals surface area contributed by atoms with Crippen molar-refractivity contribution in [2.75, 3.05) is 13.1 Å². The molecule has 1 fully saturated rings. The summed E-state index contributed by atoms with van der Waals surface area (Å²) in [6.07, 6.45) is 6.05. The van der Waals surface area contributed by atoms with E-state index in [4.69, 9.17) is 5.73 Å². The number of nitrogens with two attached hydrogens (primary N) is 1. The fraction of sp³-hybridized carbons (Fsp3) is 0.429. The van der Waals surface area contributed by atoms with Gasteiger partial charge in [0.05, 0.1) is 6.42 Å². The number of fused-ring (bicyclic) bond motifs is 1. The van der Waals surface area contributed by atoms with Crippen molar-refractivity contribution in [1.29, 1.82) is 0 Å². The van der Waals surface area contributed by atoms with Crippen LogP contribution in [0.4, 0.5) is 0 Å². The molecule has 3 heterocycles. The van der Waals surface area contributed by atoms with Crippen molar-refractivity contribution in [1.82, 2.24) is 14.9 Å². The number of nitrogens with zero attached hydrogens (tertiary/aromatic N) is 2. The Morgan fingerprint density at radius 3 is 3.20 bits per heavy atom. The Balaban J connectivity index is 0.00000147. The predicted molar refractivity (Wildman–Crippen MR) is 80.8 cm³/mol. The third kappa shape index (κ3) is 2.94. The van der Waals surface area contributed by atoms with Crippen LogP contribution in [0.2, 0.25) is 0 Å². The minimum Gasteiger partial charge on any atom is -0.346 e. The largest absolute Gasteiger partial charge is 0.346 e.